The van der Waals surface area contributed by atoms with Crippen LogP contribution in [0.5, 0.6) is 0 Å². The maximum absolute atomic E-state index is 13.6. The van der Waals surface area contributed by atoms with Crippen LogP contribution in [0.15, 0.2) is 97.1 Å². The van der Waals surface area contributed by atoms with Gasteiger partial charge in [-0.3, -0.25) is 0 Å². The molecule has 0 N–H and O–H groups in total. The van der Waals surface area contributed by atoms with Crippen LogP contribution in [0.2, 0.25) is 0 Å². The Kier molecular flexibility index (Phi) is 9.74. The molecule has 0 bridgehead atoms. The van der Waals surface area contributed by atoms with Crippen LogP contribution in [-0.2, 0) is 22.3 Å². The quantitative estimate of drug-likeness (QED) is 0.219. The van der Waals surface area contributed by atoms with Gasteiger partial charge in [-0.15, -0.1) is 0 Å². The molecule has 42 heavy (non-hydrogen) atoms. The number of ether oxygens (including phenoxy) is 2. The first kappa shape index (κ1) is 29.6. The second kappa shape index (κ2) is 13.8. The second-order valence-electron chi connectivity index (χ2n) is 11.6. The molecule has 0 amide bonds. The second-order valence-corrected chi connectivity index (χ2v) is 11.6. The first-order valence-electron chi connectivity index (χ1n) is 15.5. The van der Waals surface area contributed by atoms with Gasteiger partial charge in [-0.2, -0.15) is 0 Å². The number of fused-ring (bicyclic) bond motifs is 1. The summed E-state index contributed by atoms with van der Waals surface area (Å²) in [5.74, 6) is -1.12. The summed E-state index contributed by atoms with van der Waals surface area (Å²) in [5.41, 5.74) is 5.68. The number of hydrogen-bond acceptors (Lipinski definition) is 4. The van der Waals surface area contributed by atoms with E-state index >= 15 is 0 Å². The Morgan fingerprint density at radius 2 is 1.12 bits per heavy atom. The van der Waals surface area contributed by atoms with E-state index < -0.39 is 24.1 Å². The first-order chi connectivity index (χ1) is 20.5. The van der Waals surface area contributed by atoms with Crippen molar-refractivity contribution in [3.05, 3.63) is 130 Å². The highest BCUT2D eigenvalue weighted by Crippen LogP contribution is 2.47. The molecule has 0 aliphatic heterocycles. The normalized spacial score (nSPS) is 21.2. The lowest BCUT2D eigenvalue weighted by molar-refractivity contribution is -0.0603. The molecular weight excluding hydrogens is 520 g/mol. The summed E-state index contributed by atoms with van der Waals surface area (Å²) < 4.78 is 12.7. The van der Waals surface area contributed by atoms with Gasteiger partial charge in [0.15, 0.2) is 0 Å². The van der Waals surface area contributed by atoms with Crippen LogP contribution in [0.3, 0.4) is 0 Å². The number of carbonyl (C=O) groups is 2. The van der Waals surface area contributed by atoms with Crippen molar-refractivity contribution in [2.75, 3.05) is 0 Å². The molecule has 4 atom stereocenters. The summed E-state index contributed by atoms with van der Waals surface area (Å²) >= 11 is 0. The number of esters is 2. The van der Waals surface area contributed by atoms with Crippen LogP contribution in [0.1, 0.15) is 101 Å². The zero-order valence-electron chi connectivity index (χ0n) is 25.0. The van der Waals surface area contributed by atoms with Gasteiger partial charge in [0.2, 0.25) is 0 Å². The third-order valence-electron chi connectivity index (χ3n) is 8.71. The predicted octanol–water partition coefficient (Wildman–Crippen LogP) is 8.77. The molecule has 0 spiro atoms. The molecule has 2 aliphatic rings. The van der Waals surface area contributed by atoms with Crippen molar-refractivity contribution in [2.24, 2.45) is 5.92 Å². The monoisotopic (exact) mass is 562 g/mol. The molecule has 4 heteroatoms. The van der Waals surface area contributed by atoms with Crippen molar-refractivity contribution in [3.63, 3.8) is 0 Å². The Balaban J connectivity index is 1.45. The molecule has 5 rings (SSSR count). The number of carbonyl (C=O) groups excluding carboxylic acids is 2. The summed E-state index contributed by atoms with van der Waals surface area (Å²) in [6, 6.07) is 23.7. The van der Waals surface area contributed by atoms with Crippen molar-refractivity contribution < 1.29 is 19.1 Å². The molecule has 0 saturated carbocycles. The maximum atomic E-state index is 13.6. The van der Waals surface area contributed by atoms with Crippen molar-refractivity contribution in [2.45, 2.75) is 83.3 Å². The Morgan fingerprint density at radius 3 is 1.62 bits per heavy atom. The lowest BCUT2D eigenvalue weighted by atomic mass is 9.69. The molecule has 0 heterocycles. The van der Waals surface area contributed by atoms with Crippen LogP contribution in [0.25, 0.3) is 0 Å². The molecule has 3 aromatic carbocycles. The van der Waals surface area contributed by atoms with Gasteiger partial charge in [-0.1, -0.05) is 106 Å². The van der Waals surface area contributed by atoms with Gasteiger partial charge in [0.05, 0.1) is 11.1 Å². The minimum absolute atomic E-state index is 0.0203. The van der Waals surface area contributed by atoms with E-state index in [2.05, 4.69) is 45.1 Å². The van der Waals surface area contributed by atoms with Gasteiger partial charge in [-0.25, -0.2) is 9.59 Å². The highest BCUT2D eigenvalue weighted by atomic mass is 16.6. The molecule has 218 valence electrons. The number of hydrogen-bond donors (Lipinski definition) is 0. The maximum Gasteiger partial charge on any atom is 0.338 e. The molecule has 2 aliphatic carbocycles. The molecule has 0 radical (unpaired) electrons. The van der Waals surface area contributed by atoms with E-state index in [4.69, 9.17) is 9.47 Å². The highest BCUT2D eigenvalue weighted by molar-refractivity contribution is 5.90. The summed E-state index contributed by atoms with van der Waals surface area (Å²) in [4.78, 5) is 27.2. The number of aryl methyl sites for hydroxylation is 2. The lowest BCUT2D eigenvalue weighted by Gasteiger charge is -2.43. The smallest absolute Gasteiger partial charge is 0.338 e. The summed E-state index contributed by atoms with van der Waals surface area (Å²) in [6.45, 7) is 6.40. The molecule has 2 unspecified atom stereocenters. The summed E-state index contributed by atoms with van der Waals surface area (Å²) in [7, 11) is 0. The Bertz CT molecular complexity index is 1400. The van der Waals surface area contributed by atoms with Gasteiger partial charge in [0, 0.05) is 17.8 Å². The summed E-state index contributed by atoms with van der Waals surface area (Å²) in [5, 5.41) is 0. The topological polar surface area (TPSA) is 52.6 Å². The molecule has 3 aromatic rings. The Hall–Kier alpha value is -3.92. The molecule has 4 nitrogen and oxygen atoms in total. The fourth-order valence-corrected chi connectivity index (χ4v) is 6.26. The third-order valence-corrected chi connectivity index (χ3v) is 8.71. The van der Waals surface area contributed by atoms with Crippen LogP contribution in [0.4, 0.5) is 0 Å². The lowest BCUT2D eigenvalue weighted by Crippen LogP contribution is -2.47. The SMILES string of the molecule is CCCCc1ccc(C(=O)OC2C(OC(=O)c3ccc(CCCC)cc3)[C@@H](C)c3ccccc3[C@@H]2C2C=CC=C2)cc1. The van der Waals surface area contributed by atoms with E-state index in [9.17, 15) is 9.59 Å². The summed E-state index contributed by atoms with van der Waals surface area (Å²) in [6.07, 6.45) is 13.5. The average Bonchev–Trinajstić information content (AvgIpc) is 3.56. The first-order valence-corrected chi connectivity index (χ1v) is 15.5. The van der Waals surface area contributed by atoms with Gasteiger partial charge in [0.1, 0.15) is 12.2 Å². The number of unbranched alkanes of at least 4 members (excludes halogenated alkanes) is 2. The van der Waals surface area contributed by atoms with E-state index in [1.54, 1.807) is 0 Å². The minimum atomic E-state index is -0.660. The molecule has 0 aromatic heterocycles. The molecule has 0 saturated heterocycles. The van der Waals surface area contributed by atoms with E-state index in [1.807, 2.05) is 72.8 Å². The van der Waals surface area contributed by atoms with Crippen LogP contribution < -0.4 is 0 Å². The van der Waals surface area contributed by atoms with Crippen molar-refractivity contribution in [3.8, 4) is 0 Å². The van der Waals surface area contributed by atoms with Gasteiger partial charge < -0.3 is 9.47 Å². The van der Waals surface area contributed by atoms with Gasteiger partial charge in [-0.05, 0) is 72.2 Å². The minimum Gasteiger partial charge on any atom is -0.454 e. The highest BCUT2D eigenvalue weighted by Gasteiger charge is 2.48. The van der Waals surface area contributed by atoms with Crippen LogP contribution in [-0.4, -0.2) is 24.1 Å². The van der Waals surface area contributed by atoms with E-state index in [0.717, 1.165) is 49.7 Å². The molecular formula is C38H42O4. The zero-order chi connectivity index (χ0) is 29.5. The Labute approximate surface area is 250 Å². The molecule has 0 fully saturated rings. The third kappa shape index (κ3) is 6.59. The van der Waals surface area contributed by atoms with Gasteiger partial charge in [0.25, 0.3) is 0 Å². The standard InChI is InChI=1S/C38H42O4/c1-4-6-12-27-18-22-30(23-19-27)37(39)41-35-26(3)32-16-10-11-17-33(32)34(29-14-8-9-15-29)36(35)42-38(40)31-24-20-28(21-25-31)13-7-5-2/h8-11,14-26,29,34-36H,4-7,12-13H2,1-3H3/t26-,34-,35?,36?/m0/s1. The van der Waals surface area contributed by atoms with Crippen molar-refractivity contribution >= 4 is 11.9 Å². The van der Waals surface area contributed by atoms with E-state index in [1.165, 1.54) is 11.1 Å². The number of rotatable bonds is 11. The fourth-order valence-electron chi connectivity index (χ4n) is 6.26. The fraction of sp³-hybridized carbons (Fsp3) is 0.368. The van der Waals surface area contributed by atoms with Crippen LogP contribution >= 0.6 is 0 Å². The van der Waals surface area contributed by atoms with Crippen molar-refractivity contribution in [1.82, 2.24) is 0 Å². The van der Waals surface area contributed by atoms with Crippen molar-refractivity contribution in [1.29, 1.82) is 0 Å². The average molecular weight is 563 g/mol. The van der Waals surface area contributed by atoms with Crippen LogP contribution in [0, 0.1) is 5.92 Å². The van der Waals surface area contributed by atoms with E-state index in [0.29, 0.717) is 11.1 Å². The zero-order valence-corrected chi connectivity index (χ0v) is 25.0. The van der Waals surface area contributed by atoms with E-state index in [-0.39, 0.29) is 17.8 Å². The number of benzene rings is 3. The largest absolute Gasteiger partial charge is 0.454 e. The van der Waals surface area contributed by atoms with Gasteiger partial charge >= 0.3 is 11.9 Å². The predicted molar refractivity (Wildman–Crippen MR) is 168 cm³/mol. The number of allylic oxidation sites excluding steroid dienone is 4. The Morgan fingerprint density at radius 1 is 0.643 bits per heavy atom.